The largest absolute Gasteiger partial charge is 0.508 e. The third-order valence-corrected chi connectivity index (χ3v) is 4.69. The number of benzene rings is 2. The van der Waals surface area contributed by atoms with Gasteiger partial charge in [-0.15, -0.1) is 0 Å². The summed E-state index contributed by atoms with van der Waals surface area (Å²) in [4.78, 5) is 16.7. The van der Waals surface area contributed by atoms with Crippen molar-refractivity contribution in [2.75, 3.05) is 31.1 Å². The molecule has 2 rings (SSSR count). The molecule has 0 radical (unpaired) electrons. The van der Waals surface area contributed by atoms with Crippen LogP contribution in [-0.2, 0) is 11.2 Å². The third-order valence-electron chi connectivity index (χ3n) is 4.69. The summed E-state index contributed by atoms with van der Waals surface area (Å²) in [6, 6.07) is 17.4. The number of hydrogen-bond acceptors (Lipinski definition) is 3. The van der Waals surface area contributed by atoms with Gasteiger partial charge >= 0.3 is 0 Å². The summed E-state index contributed by atoms with van der Waals surface area (Å²) in [5.41, 5.74) is 2.13. The van der Waals surface area contributed by atoms with Crippen molar-refractivity contribution in [2.45, 2.75) is 39.5 Å². The Morgan fingerprint density at radius 3 is 2.37 bits per heavy atom. The van der Waals surface area contributed by atoms with Crippen LogP contribution in [0.2, 0.25) is 0 Å². The van der Waals surface area contributed by atoms with Crippen molar-refractivity contribution in [3.63, 3.8) is 0 Å². The van der Waals surface area contributed by atoms with Crippen molar-refractivity contribution >= 4 is 11.6 Å². The van der Waals surface area contributed by atoms with Crippen molar-refractivity contribution in [2.24, 2.45) is 0 Å². The first kappa shape index (κ1) is 21.0. The SMILES string of the molecule is CCCN(CCCN(C(=O)CC)c1ccccc1)CCc1cccc(O)c1. The summed E-state index contributed by atoms with van der Waals surface area (Å²) in [7, 11) is 0. The molecule has 0 bridgehead atoms. The first-order valence-electron chi connectivity index (χ1n) is 9.99. The van der Waals surface area contributed by atoms with Crippen LogP contribution in [0.4, 0.5) is 5.69 Å². The van der Waals surface area contributed by atoms with E-state index in [9.17, 15) is 9.90 Å². The molecule has 2 aromatic carbocycles. The van der Waals surface area contributed by atoms with Gasteiger partial charge in [-0.2, -0.15) is 0 Å². The lowest BCUT2D eigenvalue weighted by Crippen LogP contribution is -2.35. The monoisotopic (exact) mass is 368 g/mol. The Hall–Kier alpha value is -2.33. The summed E-state index contributed by atoms with van der Waals surface area (Å²) >= 11 is 0. The van der Waals surface area contributed by atoms with Crippen LogP contribution in [-0.4, -0.2) is 42.1 Å². The second-order valence-corrected chi connectivity index (χ2v) is 6.85. The molecule has 0 aliphatic rings. The van der Waals surface area contributed by atoms with E-state index in [2.05, 4.69) is 17.9 Å². The minimum absolute atomic E-state index is 0.169. The second-order valence-electron chi connectivity index (χ2n) is 6.85. The molecular weight excluding hydrogens is 336 g/mol. The Kier molecular flexibility index (Phi) is 8.85. The molecule has 0 atom stereocenters. The molecule has 4 nitrogen and oxygen atoms in total. The highest BCUT2D eigenvalue weighted by Crippen LogP contribution is 2.16. The highest BCUT2D eigenvalue weighted by molar-refractivity contribution is 5.93. The first-order valence-corrected chi connectivity index (χ1v) is 9.99. The Morgan fingerprint density at radius 2 is 1.70 bits per heavy atom. The minimum atomic E-state index is 0.169. The summed E-state index contributed by atoms with van der Waals surface area (Å²) < 4.78 is 0. The fraction of sp³-hybridized carbons (Fsp3) is 0.435. The third kappa shape index (κ3) is 7.06. The van der Waals surface area contributed by atoms with E-state index in [0.29, 0.717) is 12.2 Å². The van der Waals surface area contributed by atoms with E-state index in [4.69, 9.17) is 0 Å². The van der Waals surface area contributed by atoms with Crippen LogP contribution in [0.5, 0.6) is 5.75 Å². The molecule has 0 saturated carbocycles. The van der Waals surface area contributed by atoms with Crippen molar-refractivity contribution in [1.29, 1.82) is 0 Å². The molecule has 1 N–H and O–H groups in total. The first-order chi connectivity index (χ1) is 13.1. The number of hydrogen-bond donors (Lipinski definition) is 1. The number of rotatable bonds is 11. The predicted octanol–water partition coefficient (Wildman–Crippen LogP) is 4.48. The molecule has 0 unspecified atom stereocenters. The van der Waals surface area contributed by atoms with E-state index in [0.717, 1.165) is 56.7 Å². The highest BCUT2D eigenvalue weighted by atomic mass is 16.3. The lowest BCUT2D eigenvalue weighted by Gasteiger charge is -2.26. The van der Waals surface area contributed by atoms with Gasteiger partial charge in [0.15, 0.2) is 0 Å². The zero-order valence-corrected chi connectivity index (χ0v) is 16.6. The van der Waals surface area contributed by atoms with Gasteiger partial charge < -0.3 is 14.9 Å². The number of anilines is 1. The fourth-order valence-electron chi connectivity index (χ4n) is 3.30. The van der Waals surface area contributed by atoms with Gasteiger partial charge in [-0.3, -0.25) is 4.79 Å². The molecule has 1 amide bonds. The number of carbonyl (C=O) groups is 1. The topological polar surface area (TPSA) is 43.8 Å². The van der Waals surface area contributed by atoms with Gasteiger partial charge in [-0.1, -0.05) is 44.2 Å². The molecule has 146 valence electrons. The standard InChI is InChI=1S/C23H32N2O2/c1-3-15-24(18-14-20-10-8-13-22(26)19-20)16-9-17-25(23(27)4-2)21-11-6-5-7-12-21/h5-8,10-13,19,26H,3-4,9,14-18H2,1-2H3. The molecule has 0 aliphatic heterocycles. The summed E-state index contributed by atoms with van der Waals surface area (Å²) in [6.45, 7) is 7.82. The molecule has 27 heavy (non-hydrogen) atoms. The number of para-hydroxylation sites is 1. The van der Waals surface area contributed by atoms with Gasteiger partial charge in [0.2, 0.25) is 5.91 Å². The molecular formula is C23H32N2O2. The lowest BCUT2D eigenvalue weighted by atomic mass is 10.1. The second kappa shape index (κ2) is 11.4. The molecule has 0 spiro atoms. The zero-order chi connectivity index (χ0) is 19.5. The van der Waals surface area contributed by atoms with Gasteiger partial charge in [0.1, 0.15) is 5.75 Å². The van der Waals surface area contributed by atoms with Crippen LogP contribution in [0.1, 0.15) is 38.7 Å². The van der Waals surface area contributed by atoms with E-state index in [1.165, 1.54) is 0 Å². The average Bonchev–Trinajstić information content (AvgIpc) is 2.69. The summed E-state index contributed by atoms with van der Waals surface area (Å²) in [5.74, 6) is 0.495. The van der Waals surface area contributed by atoms with Crippen molar-refractivity contribution < 1.29 is 9.90 Å². The Bertz CT molecular complexity index is 688. The van der Waals surface area contributed by atoms with Crippen molar-refractivity contribution in [1.82, 2.24) is 4.90 Å². The number of phenols is 1. The molecule has 0 heterocycles. The normalized spacial score (nSPS) is 10.9. The molecule has 0 saturated heterocycles. The van der Waals surface area contributed by atoms with E-state index < -0.39 is 0 Å². The smallest absolute Gasteiger partial charge is 0.226 e. The van der Waals surface area contributed by atoms with E-state index in [1.54, 1.807) is 6.07 Å². The molecule has 2 aromatic rings. The van der Waals surface area contributed by atoms with Gasteiger partial charge in [0.25, 0.3) is 0 Å². The van der Waals surface area contributed by atoms with Gasteiger partial charge in [-0.25, -0.2) is 0 Å². The number of nitrogens with zero attached hydrogens (tertiary/aromatic N) is 2. The Labute approximate surface area is 163 Å². The van der Waals surface area contributed by atoms with Crippen LogP contribution < -0.4 is 4.90 Å². The molecule has 0 fully saturated rings. The molecule has 0 aliphatic carbocycles. The van der Waals surface area contributed by atoms with Gasteiger partial charge in [-0.05, 0) is 62.2 Å². The highest BCUT2D eigenvalue weighted by Gasteiger charge is 2.14. The Morgan fingerprint density at radius 1 is 0.926 bits per heavy atom. The zero-order valence-electron chi connectivity index (χ0n) is 16.6. The maximum absolute atomic E-state index is 12.3. The number of carbonyl (C=O) groups excluding carboxylic acids is 1. The van der Waals surface area contributed by atoms with Crippen molar-refractivity contribution in [3.8, 4) is 5.75 Å². The van der Waals surface area contributed by atoms with Gasteiger partial charge in [0.05, 0.1) is 0 Å². The lowest BCUT2D eigenvalue weighted by molar-refractivity contribution is -0.118. The van der Waals surface area contributed by atoms with Crippen molar-refractivity contribution in [3.05, 3.63) is 60.2 Å². The van der Waals surface area contributed by atoms with E-state index in [-0.39, 0.29) is 5.91 Å². The van der Waals surface area contributed by atoms with Crippen LogP contribution in [0.15, 0.2) is 54.6 Å². The summed E-state index contributed by atoms with van der Waals surface area (Å²) in [6.07, 6.45) is 3.49. The summed E-state index contributed by atoms with van der Waals surface area (Å²) in [5, 5.41) is 9.62. The van der Waals surface area contributed by atoms with Crippen LogP contribution >= 0.6 is 0 Å². The Balaban J connectivity index is 1.88. The maximum atomic E-state index is 12.3. The number of amides is 1. The van der Waals surface area contributed by atoms with Gasteiger partial charge in [0, 0.05) is 25.2 Å². The average molecular weight is 369 g/mol. The van der Waals surface area contributed by atoms with E-state index >= 15 is 0 Å². The number of phenolic OH excluding ortho intramolecular Hbond substituents is 1. The van der Waals surface area contributed by atoms with Crippen LogP contribution in [0.25, 0.3) is 0 Å². The fourth-order valence-corrected chi connectivity index (χ4v) is 3.30. The minimum Gasteiger partial charge on any atom is -0.508 e. The quantitative estimate of drug-likeness (QED) is 0.636. The number of aromatic hydroxyl groups is 1. The van der Waals surface area contributed by atoms with E-state index in [1.807, 2.05) is 54.3 Å². The van der Waals surface area contributed by atoms with Crippen LogP contribution in [0.3, 0.4) is 0 Å². The predicted molar refractivity (Wildman–Crippen MR) is 112 cm³/mol. The molecule has 4 heteroatoms. The van der Waals surface area contributed by atoms with Crippen LogP contribution in [0, 0.1) is 0 Å². The molecule has 0 aromatic heterocycles. The maximum Gasteiger partial charge on any atom is 0.226 e.